The first-order valence-corrected chi connectivity index (χ1v) is 10.1. The number of nitrogens with zero attached hydrogens (tertiary/aromatic N) is 1. The van der Waals surface area contributed by atoms with Gasteiger partial charge in [-0.2, -0.15) is 0 Å². The lowest BCUT2D eigenvalue weighted by Gasteiger charge is -2.17. The van der Waals surface area contributed by atoms with Crippen molar-refractivity contribution in [2.24, 2.45) is 0 Å². The van der Waals surface area contributed by atoms with Crippen LogP contribution in [0.25, 0.3) is 0 Å². The summed E-state index contributed by atoms with van der Waals surface area (Å²) in [6.45, 7) is 3.67. The molecule has 0 saturated heterocycles. The molecule has 1 aliphatic rings. The summed E-state index contributed by atoms with van der Waals surface area (Å²) in [4.78, 5) is 50.8. The number of carbonyl (C=O) groups is 4. The summed E-state index contributed by atoms with van der Waals surface area (Å²) in [5.74, 6) is -2.88. The molecule has 8 nitrogen and oxygen atoms in total. The van der Waals surface area contributed by atoms with E-state index in [9.17, 15) is 24.3 Å². The Morgan fingerprint density at radius 2 is 1.64 bits per heavy atom. The van der Waals surface area contributed by atoms with Crippen molar-refractivity contribution in [3.63, 3.8) is 0 Å². The highest BCUT2D eigenvalue weighted by Crippen LogP contribution is 2.32. The summed E-state index contributed by atoms with van der Waals surface area (Å²) in [7, 11) is 0. The number of benzene rings is 3. The van der Waals surface area contributed by atoms with Gasteiger partial charge in [-0.3, -0.25) is 19.2 Å². The average molecular weight is 444 g/mol. The lowest BCUT2D eigenvalue weighted by Crippen LogP contribution is -2.30. The minimum Gasteiger partial charge on any atom is -0.506 e. The van der Waals surface area contributed by atoms with Gasteiger partial charge < -0.3 is 15.5 Å². The molecule has 0 spiro atoms. The first kappa shape index (κ1) is 21.8. The summed E-state index contributed by atoms with van der Waals surface area (Å²) in [6.07, 6.45) is -0.271. The molecule has 8 heteroatoms. The third-order valence-electron chi connectivity index (χ3n) is 5.42. The number of imide groups is 1. The SMILES string of the molecule is Cc1ccc(C)c(N2C(=O)c3ccc(C(=O)Nc4cc(CC(=O)O)ccc4O)cc3C2=O)c1. The highest BCUT2D eigenvalue weighted by Gasteiger charge is 2.37. The van der Waals surface area contributed by atoms with Crippen LogP contribution < -0.4 is 10.2 Å². The Kier molecular flexibility index (Phi) is 5.43. The number of nitrogens with one attached hydrogen (secondary N) is 1. The van der Waals surface area contributed by atoms with Crippen molar-refractivity contribution < 1.29 is 29.4 Å². The molecule has 0 radical (unpaired) electrons. The Morgan fingerprint density at radius 3 is 2.36 bits per heavy atom. The van der Waals surface area contributed by atoms with E-state index in [1.54, 1.807) is 6.07 Å². The molecule has 3 aromatic rings. The summed E-state index contributed by atoms with van der Waals surface area (Å²) in [5.41, 5.74) is 3.02. The minimum atomic E-state index is -1.05. The maximum absolute atomic E-state index is 13.1. The third kappa shape index (κ3) is 4.06. The van der Waals surface area contributed by atoms with Crippen LogP contribution in [0.2, 0.25) is 0 Å². The molecule has 0 atom stereocenters. The first-order valence-electron chi connectivity index (χ1n) is 10.1. The number of aliphatic carboxylic acids is 1. The van der Waals surface area contributed by atoms with Crippen LogP contribution in [0.3, 0.4) is 0 Å². The largest absolute Gasteiger partial charge is 0.506 e. The molecule has 0 saturated carbocycles. The molecule has 0 aromatic heterocycles. The Bertz CT molecular complexity index is 1340. The number of carbonyl (C=O) groups excluding carboxylic acids is 3. The smallest absolute Gasteiger partial charge is 0.307 e. The number of hydrogen-bond donors (Lipinski definition) is 3. The highest BCUT2D eigenvalue weighted by atomic mass is 16.4. The number of fused-ring (bicyclic) bond motifs is 1. The number of aromatic hydroxyl groups is 1. The molecule has 0 bridgehead atoms. The number of phenols is 1. The van der Waals surface area contributed by atoms with Gasteiger partial charge >= 0.3 is 5.97 Å². The first-order chi connectivity index (χ1) is 15.7. The van der Waals surface area contributed by atoms with Gasteiger partial charge in [0.2, 0.25) is 0 Å². The van der Waals surface area contributed by atoms with Gasteiger partial charge in [-0.15, -0.1) is 0 Å². The van der Waals surface area contributed by atoms with Gasteiger partial charge in [0.15, 0.2) is 0 Å². The van der Waals surface area contributed by atoms with Crippen molar-refractivity contribution in [3.05, 3.63) is 88.0 Å². The number of anilines is 2. The molecule has 166 valence electrons. The Hall–Kier alpha value is -4.46. The maximum atomic E-state index is 13.1. The number of carboxylic acid groups (broad SMARTS) is 1. The molecule has 3 N–H and O–H groups in total. The van der Waals surface area contributed by atoms with E-state index >= 15 is 0 Å². The second kappa shape index (κ2) is 8.23. The lowest BCUT2D eigenvalue weighted by atomic mass is 10.0. The van der Waals surface area contributed by atoms with Gasteiger partial charge in [0.1, 0.15) is 5.75 Å². The van der Waals surface area contributed by atoms with E-state index in [4.69, 9.17) is 5.11 Å². The number of aryl methyl sites for hydroxylation is 2. The number of carboxylic acids is 1. The van der Waals surface area contributed by atoms with Gasteiger partial charge in [-0.25, -0.2) is 4.90 Å². The van der Waals surface area contributed by atoms with Crippen molar-refractivity contribution in [2.45, 2.75) is 20.3 Å². The molecular weight excluding hydrogens is 424 g/mol. The summed E-state index contributed by atoms with van der Waals surface area (Å²) >= 11 is 0. The van der Waals surface area contributed by atoms with Crippen molar-refractivity contribution in [1.29, 1.82) is 0 Å². The standard InChI is InChI=1S/C25H20N2O6/c1-13-3-4-14(2)20(9-13)27-24(32)17-7-6-16(12-18(17)25(27)33)23(31)26-19-10-15(11-22(29)30)5-8-21(19)28/h3-10,12,28H,11H2,1-2H3,(H,26,31)(H,29,30). The molecule has 4 rings (SSSR count). The molecule has 33 heavy (non-hydrogen) atoms. The van der Waals surface area contributed by atoms with Gasteiger partial charge in [0.25, 0.3) is 17.7 Å². The zero-order valence-corrected chi connectivity index (χ0v) is 17.9. The van der Waals surface area contributed by atoms with Gasteiger partial charge in [-0.1, -0.05) is 18.2 Å². The fourth-order valence-electron chi connectivity index (χ4n) is 3.72. The van der Waals surface area contributed by atoms with Crippen LogP contribution in [0.4, 0.5) is 11.4 Å². The second-order valence-corrected chi connectivity index (χ2v) is 7.87. The third-order valence-corrected chi connectivity index (χ3v) is 5.42. The predicted molar refractivity (Wildman–Crippen MR) is 121 cm³/mol. The van der Waals surface area contributed by atoms with E-state index in [2.05, 4.69) is 5.32 Å². The van der Waals surface area contributed by atoms with Crippen molar-refractivity contribution in [3.8, 4) is 5.75 Å². The fraction of sp³-hybridized carbons (Fsp3) is 0.120. The van der Waals surface area contributed by atoms with Crippen LogP contribution in [-0.2, 0) is 11.2 Å². The zero-order chi connectivity index (χ0) is 23.9. The minimum absolute atomic E-state index is 0.0404. The lowest BCUT2D eigenvalue weighted by molar-refractivity contribution is -0.136. The van der Waals surface area contributed by atoms with Gasteiger partial charge in [0, 0.05) is 5.56 Å². The molecular formula is C25H20N2O6. The summed E-state index contributed by atoms with van der Waals surface area (Å²) in [5, 5.41) is 21.5. The van der Waals surface area contributed by atoms with Crippen LogP contribution in [-0.4, -0.2) is 33.9 Å². The van der Waals surface area contributed by atoms with Crippen molar-refractivity contribution in [2.75, 3.05) is 10.2 Å². The number of rotatable bonds is 5. The highest BCUT2D eigenvalue weighted by molar-refractivity contribution is 6.35. The molecule has 0 unspecified atom stereocenters. The molecule has 3 aromatic carbocycles. The quantitative estimate of drug-likeness (QED) is 0.407. The predicted octanol–water partition coefficient (Wildman–Crippen LogP) is 3.69. The van der Waals surface area contributed by atoms with Crippen molar-refractivity contribution in [1.82, 2.24) is 0 Å². The molecule has 1 heterocycles. The van der Waals surface area contributed by atoms with E-state index in [0.29, 0.717) is 11.3 Å². The maximum Gasteiger partial charge on any atom is 0.307 e. The number of amides is 3. The molecule has 0 aliphatic carbocycles. The van der Waals surface area contributed by atoms with Crippen LogP contribution >= 0.6 is 0 Å². The Labute approximate surface area is 189 Å². The van der Waals surface area contributed by atoms with E-state index in [-0.39, 0.29) is 34.5 Å². The monoisotopic (exact) mass is 444 g/mol. The van der Waals surface area contributed by atoms with E-state index in [1.807, 2.05) is 26.0 Å². The van der Waals surface area contributed by atoms with E-state index in [1.165, 1.54) is 36.4 Å². The second-order valence-electron chi connectivity index (χ2n) is 7.87. The van der Waals surface area contributed by atoms with Crippen LogP contribution in [0.5, 0.6) is 5.75 Å². The topological polar surface area (TPSA) is 124 Å². The Balaban J connectivity index is 1.63. The number of hydrogen-bond acceptors (Lipinski definition) is 5. The van der Waals surface area contributed by atoms with E-state index in [0.717, 1.165) is 16.0 Å². The summed E-state index contributed by atoms with van der Waals surface area (Å²) < 4.78 is 0. The Morgan fingerprint density at radius 1 is 0.909 bits per heavy atom. The zero-order valence-electron chi connectivity index (χ0n) is 17.9. The normalized spacial score (nSPS) is 12.6. The van der Waals surface area contributed by atoms with Gasteiger partial charge in [-0.05, 0) is 66.9 Å². The van der Waals surface area contributed by atoms with Crippen LogP contribution in [0.15, 0.2) is 54.6 Å². The average Bonchev–Trinajstić information content (AvgIpc) is 3.01. The number of phenolic OH excluding ortho intramolecular Hbond substituents is 1. The fourth-order valence-corrected chi connectivity index (χ4v) is 3.72. The molecule has 1 aliphatic heterocycles. The molecule has 0 fully saturated rings. The molecule has 3 amide bonds. The van der Waals surface area contributed by atoms with E-state index < -0.39 is 23.7 Å². The van der Waals surface area contributed by atoms with Crippen molar-refractivity contribution >= 4 is 35.1 Å². The van der Waals surface area contributed by atoms with Gasteiger partial charge in [0.05, 0.1) is 28.9 Å². The van der Waals surface area contributed by atoms with Crippen LogP contribution in [0.1, 0.15) is 47.8 Å². The van der Waals surface area contributed by atoms with Crippen LogP contribution in [0, 0.1) is 13.8 Å². The summed E-state index contributed by atoms with van der Waals surface area (Å²) in [6, 6.07) is 13.8.